The minimum absolute atomic E-state index is 0. The van der Waals surface area contributed by atoms with Gasteiger partial charge in [-0.25, -0.2) is 0 Å². The third-order valence-electron chi connectivity index (χ3n) is 5.45. The SMILES string of the molecule is [Br-].c1ccc([P+](CCN2CCOCC2)(c2ccccc2)c2ccccc2)cc1. The summed E-state index contributed by atoms with van der Waals surface area (Å²) in [4.78, 5) is 2.56. The molecule has 1 heterocycles. The van der Waals surface area contributed by atoms with Gasteiger partial charge in [0.15, 0.2) is 0 Å². The lowest BCUT2D eigenvalue weighted by molar-refractivity contribution is -0.00000666. The first kappa shape index (κ1) is 21.2. The molecule has 0 saturated carbocycles. The van der Waals surface area contributed by atoms with Gasteiger partial charge in [-0.05, 0) is 36.4 Å². The Hall–Kier alpha value is -1.51. The largest absolute Gasteiger partial charge is 1.00 e. The Kier molecular flexibility index (Phi) is 7.82. The Morgan fingerprint density at radius 2 is 1.04 bits per heavy atom. The highest BCUT2D eigenvalue weighted by atomic mass is 79.9. The van der Waals surface area contributed by atoms with Gasteiger partial charge in [0.25, 0.3) is 0 Å². The van der Waals surface area contributed by atoms with E-state index in [4.69, 9.17) is 4.74 Å². The van der Waals surface area contributed by atoms with E-state index in [0.29, 0.717) is 0 Å². The quantitative estimate of drug-likeness (QED) is 0.496. The van der Waals surface area contributed by atoms with Crippen molar-refractivity contribution < 1.29 is 21.7 Å². The Bertz CT molecular complexity index is 726. The van der Waals surface area contributed by atoms with Gasteiger partial charge in [-0.15, -0.1) is 0 Å². The van der Waals surface area contributed by atoms with E-state index in [1.165, 1.54) is 15.9 Å². The lowest BCUT2D eigenvalue weighted by atomic mass is 10.4. The Balaban J connectivity index is 0.00000225. The second kappa shape index (κ2) is 10.3. The van der Waals surface area contributed by atoms with Crippen LogP contribution in [0.5, 0.6) is 0 Å². The van der Waals surface area contributed by atoms with Gasteiger partial charge < -0.3 is 21.7 Å². The molecule has 2 nitrogen and oxygen atoms in total. The number of halogens is 1. The van der Waals surface area contributed by atoms with Gasteiger partial charge in [0, 0.05) is 19.6 Å². The van der Waals surface area contributed by atoms with Crippen molar-refractivity contribution in [1.29, 1.82) is 0 Å². The van der Waals surface area contributed by atoms with Crippen LogP contribution in [-0.4, -0.2) is 43.9 Å². The maximum absolute atomic E-state index is 5.55. The van der Waals surface area contributed by atoms with Crippen LogP contribution in [-0.2, 0) is 4.74 Å². The van der Waals surface area contributed by atoms with Gasteiger partial charge in [0.1, 0.15) is 23.2 Å². The summed E-state index contributed by atoms with van der Waals surface area (Å²) in [6.07, 6.45) is 1.16. The van der Waals surface area contributed by atoms with Crippen molar-refractivity contribution in [3.05, 3.63) is 91.0 Å². The molecule has 0 amide bonds. The molecule has 0 aromatic heterocycles. The van der Waals surface area contributed by atoms with Crippen LogP contribution < -0.4 is 32.9 Å². The van der Waals surface area contributed by atoms with Gasteiger partial charge in [0.05, 0.1) is 19.4 Å². The lowest BCUT2D eigenvalue weighted by Crippen LogP contribution is -3.00. The zero-order chi connectivity index (χ0) is 18.4. The third kappa shape index (κ3) is 4.55. The molecule has 0 atom stereocenters. The zero-order valence-electron chi connectivity index (χ0n) is 16.1. The van der Waals surface area contributed by atoms with E-state index in [-0.39, 0.29) is 17.0 Å². The lowest BCUT2D eigenvalue weighted by Gasteiger charge is -2.32. The highest BCUT2D eigenvalue weighted by Crippen LogP contribution is 2.55. The van der Waals surface area contributed by atoms with Crippen molar-refractivity contribution in [2.24, 2.45) is 0 Å². The van der Waals surface area contributed by atoms with E-state index in [1.807, 2.05) is 0 Å². The van der Waals surface area contributed by atoms with Gasteiger partial charge in [-0.1, -0.05) is 54.6 Å². The molecule has 3 aromatic carbocycles. The summed E-state index contributed by atoms with van der Waals surface area (Å²) < 4.78 is 5.55. The summed E-state index contributed by atoms with van der Waals surface area (Å²) in [5, 5.41) is 4.40. The molecule has 3 aromatic rings. The van der Waals surface area contributed by atoms with Crippen molar-refractivity contribution >= 4 is 23.2 Å². The molecule has 1 aliphatic heterocycles. The average Bonchev–Trinajstić information content (AvgIpc) is 2.77. The van der Waals surface area contributed by atoms with Gasteiger partial charge >= 0.3 is 0 Å². The normalized spacial score (nSPS) is 15.0. The highest BCUT2D eigenvalue weighted by molar-refractivity contribution is 7.95. The third-order valence-corrected chi connectivity index (χ3v) is 9.86. The van der Waals surface area contributed by atoms with Crippen molar-refractivity contribution in [3.8, 4) is 0 Å². The average molecular weight is 456 g/mol. The standard InChI is InChI=1S/C24H27NOP.BrH/c1-4-10-22(11-5-1)27(23-12-6-2-7-13-23,24-14-8-3-9-15-24)21-18-25-16-19-26-20-17-25;/h1-15H,16-21H2;1H/q+1;/p-1. The fourth-order valence-corrected chi connectivity index (χ4v) is 8.29. The Morgan fingerprint density at radius 1 is 0.643 bits per heavy atom. The fraction of sp³-hybridized carbons (Fsp3) is 0.250. The monoisotopic (exact) mass is 455 g/mol. The second-order valence-electron chi connectivity index (χ2n) is 6.99. The molecule has 146 valence electrons. The predicted octanol–water partition coefficient (Wildman–Crippen LogP) is 0.317. The molecule has 0 N–H and O–H groups in total. The Labute approximate surface area is 179 Å². The topological polar surface area (TPSA) is 12.5 Å². The van der Waals surface area contributed by atoms with Gasteiger partial charge in [-0.3, -0.25) is 4.90 Å². The fourth-order valence-electron chi connectivity index (χ4n) is 4.00. The first-order chi connectivity index (χ1) is 13.4. The molecule has 0 unspecified atom stereocenters. The maximum Gasteiger partial charge on any atom is 0.113 e. The number of morpholine rings is 1. The van der Waals surface area contributed by atoms with E-state index in [9.17, 15) is 0 Å². The van der Waals surface area contributed by atoms with Crippen molar-refractivity contribution in [1.82, 2.24) is 4.90 Å². The molecular formula is C24H27BrNOP. The van der Waals surface area contributed by atoms with Crippen LogP contribution in [0.3, 0.4) is 0 Å². The maximum atomic E-state index is 5.55. The van der Waals surface area contributed by atoms with Crippen LogP contribution >= 0.6 is 7.26 Å². The van der Waals surface area contributed by atoms with Gasteiger partial charge in [-0.2, -0.15) is 0 Å². The van der Waals surface area contributed by atoms with Crippen LogP contribution in [0, 0.1) is 0 Å². The Morgan fingerprint density at radius 3 is 1.43 bits per heavy atom. The summed E-state index contributed by atoms with van der Waals surface area (Å²) >= 11 is 0. The molecule has 0 spiro atoms. The van der Waals surface area contributed by atoms with E-state index in [1.54, 1.807) is 0 Å². The minimum Gasteiger partial charge on any atom is -1.00 e. The zero-order valence-corrected chi connectivity index (χ0v) is 18.6. The number of ether oxygens (including phenoxy) is 1. The van der Waals surface area contributed by atoms with E-state index >= 15 is 0 Å². The highest BCUT2D eigenvalue weighted by Gasteiger charge is 2.45. The van der Waals surface area contributed by atoms with E-state index < -0.39 is 7.26 Å². The van der Waals surface area contributed by atoms with Crippen molar-refractivity contribution in [2.45, 2.75) is 0 Å². The molecule has 28 heavy (non-hydrogen) atoms. The van der Waals surface area contributed by atoms with Crippen molar-refractivity contribution in [2.75, 3.05) is 39.0 Å². The summed E-state index contributed by atoms with van der Waals surface area (Å²) in [6.45, 7) is 4.90. The number of nitrogens with zero attached hydrogens (tertiary/aromatic N) is 1. The summed E-state index contributed by atoms with van der Waals surface area (Å²) in [6, 6.07) is 33.4. The van der Waals surface area contributed by atoms with Crippen molar-refractivity contribution in [3.63, 3.8) is 0 Å². The molecule has 1 aliphatic rings. The molecule has 1 saturated heterocycles. The first-order valence-electron chi connectivity index (χ1n) is 9.75. The van der Waals surface area contributed by atoms with Crippen LogP contribution in [0.15, 0.2) is 91.0 Å². The number of hydrogen-bond acceptors (Lipinski definition) is 2. The first-order valence-corrected chi connectivity index (χ1v) is 11.7. The predicted molar refractivity (Wildman–Crippen MR) is 117 cm³/mol. The van der Waals surface area contributed by atoms with E-state index in [0.717, 1.165) is 39.0 Å². The molecular weight excluding hydrogens is 429 g/mol. The molecule has 4 heteroatoms. The number of hydrogen-bond donors (Lipinski definition) is 0. The summed E-state index contributed by atoms with van der Waals surface area (Å²) in [7, 11) is -1.70. The second-order valence-corrected chi connectivity index (χ2v) is 10.6. The summed E-state index contributed by atoms with van der Waals surface area (Å²) in [5.41, 5.74) is 0. The smallest absolute Gasteiger partial charge is 0.113 e. The minimum atomic E-state index is -1.70. The van der Waals surface area contributed by atoms with Crippen LogP contribution in [0.1, 0.15) is 0 Å². The molecule has 4 rings (SSSR count). The van der Waals surface area contributed by atoms with E-state index in [2.05, 4.69) is 95.9 Å². The molecule has 0 aliphatic carbocycles. The van der Waals surface area contributed by atoms with Crippen LogP contribution in [0.2, 0.25) is 0 Å². The molecule has 0 bridgehead atoms. The number of rotatable bonds is 6. The van der Waals surface area contributed by atoms with Crippen LogP contribution in [0.25, 0.3) is 0 Å². The molecule has 1 fully saturated rings. The van der Waals surface area contributed by atoms with Gasteiger partial charge in [0.2, 0.25) is 0 Å². The number of benzene rings is 3. The molecule has 0 radical (unpaired) electrons. The summed E-state index contributed by atoms with van der Waals surface area (Å²) in [5.74, 6) is 0. The van der Waals surface area contributed by atoms with Crippen LogP contribution in [0.4, 0.5) is 0 Å².